The van der Waals surface area contributed by atoms with E-state index in [9.17, 15) is 18.0 Å². The summed E-state index contributed by atoms with van der Waals surface area (Å²) in [6.45, 7) is 1.84. The third-order valence-corrected chi connectivity index (χ3v) is 4.14. The number of amides is 2. The quantitative estimate of drug-likeness (QED) is 0.452. The van der Waals surface area contributed by atoms with Crippen molar-refractivity contribution in [2.75, 3.05) is 16.1 Å². The molecular weight excluding hydrogens is 399 g/mol. The van der Waals surface area contributed by atoms with Gasteiger partial charge in [0.25, 0.3) is 0 Å². The number of rotatable bonds is 3. The van der Waals surface area contributed by atoms with Crippen LogP contribution >= 0.6 is 11.6 Å². The second-order valence-corrected chi connectivity index (χ2v) is 6.22. The number of aryl methyl sites for hydroxylation is 1. The van der Waals surface area contributed by atoms with Crippen molar-refractivity contribution >= 4 is 45.9 Å². The fourth-order valence-corrected chi connectivity index (χ4v) is 2.60. The first kappa shape index (κ1) is 19.6. The van der Waals surface area contributed by atoms with Gasteiger partial charge in [-0.3, -0.25) is 16.0 Å². The molecule has 0 spiro atoms. The van der Waals surface area contributed by atoms with Crippen LogP contribution in [0.25, 0.3) is 10.8 Å². The van der Waals surface area contributed by atoms with Crippen LogP contribution in [0.2, 0.25) is 5.02 Å². The van der Waals surface area contributed by atoms with E-state index < -0.39 is 29.7 Å². The zero-order valence-electron chi connectivity index (χ0n) is 14.2. The minimum atomic E-state index is -4.78. The number of nitrogens with zero attached hydrogens (tertiary/aromatic N) is 2. The Labute approximate surface area is 161 Å². The molecule has 11 heteroatoms. The van der Waals surface area contributed by atoms with Crippen LogP contribution in [0.3, 0.4) is 0 Å². The maximum atomic E-state index is 12.8. The summed E-state index contributed by atoms with van der Waals surface area (Å²) in [5.41, 5.74) is 1.43. The Balaban J connectivity index is 1.80. The van der Waals surface area contributed by atoms with Gasteiger partial charge < -0.3 is 5.32 Å². The molecule has 0 aliphatic carbocycles. The molecule has 0 fully saturated rings. The molecule has 1 heterocycles. The number of fused-ring (bicyclic) bond motifs is 1. The maximum Gasteiger partial charge on any atom is 0.433 e. The monoisotopic (exact) mass is 411 g/mol. The van der Waals surface area contributed by atoms with Crippen LogP contribution in [0.1, 0.15) is 11.3 Å². The first-order valence-corrected chi connectivity index (χ1v) is 8.18. The van der Waals surface area contributed by atoms with Gasteiger partial charge in [-0.25, -0.2) is 9.78 Å². The lowest BCUT2D eigenvalue weighted by molar-refractivity contribution is -0.141. The van der Waals surface area contributed by atoms with Gasteiger partial charge in [-0.15, -0.1) is 0 Å². The van der Waals surface area contributed by atoms with Gasteiger partial charge in [-0.1, -0.05) is 17.7 Å². The molecule has 3 rings (SSSR count). The zero-order chi connectivity index (χ0) is 20.5. The fraction of sp³-hybridized carbons (Fsp3) is 0.118. The summed E-state index contributed by atoms with van der Waals surface area (Å²) >= 11 is 6.07. The van der Waals surface area contributed by atoms with E-state index in [0.717, 1.165) is 16.3 Å². The smallest absolute Gasteiger partial charge is 0.308 e. The predicted molar refractivity (Wildman–Crippen MR) is 98.8 cm³/mol. The normalized spacial score (nSPS) is 11.4. The average molecular weight is 412 g/mol. The number of anilines is 3. The predicted octanol–water partition coefficient (Wildman–Crippen LogP) is 5.06. The minimum absolute atomic E-state index is 0.402. The van der Waals surface area contributed by atoms with E-state index in [2.05, 4.69) is 20.6 Å². The van der Waals surface area contributed by atoms with Gasteiger partial charge in [0.15, 0.2) is 11.5 Å². The van der Waals surface area contributed by atoms with Crippen LogP contribution < -0.4 is 16.1 Å². The first-order chi connectivity index (χ1) is 13.2. The van der Waals surface area contributed by atoms with Crippen molar-refractivity contribution in [2.45, 2.75) is 13.1 Å². The van der Waals surface area contributed by atoms with Crippen molar-refractivity contribution < 1.29 is 23.2 Å². The standard InChI is InChI=1S/C17H13ClF3N5O2/c1-8-4-10-5-11(3-2-9(10)6-12(8)18)22-16(27)25-15-23-13(17(19,20)21)7-14(24-15)26-28/h2-7,28H,1H3,(H3,22,23,24,25,26,27). The number of alkyl halides is 3. The molecule has 1 aromatic heterocycles. The third-order valence-electron chi connectivity index (χ3n) is 3.73. The van der Waals surface area contributed by atoms with E-state index in [1.54, 1.807) is 24.3 Å². The minimum Gasteiger partial charge on any atom is -0.308 e. The van der Waals surface area contributed by atoms with Gasteiger partial charge in [-0.2, -0.15) is 18.2 Å². The number of nitrogens with one attached hydrogen (secondary N) is 3. The van der Waals surface area contributed by atoms with Crippen LogP contribution in [0.15, 0.2) is 36.4 Å². The van der Waals surface area contributed by atoms with Gasteiger partial charge >= 0.3 is 12.2 Å². The van der Waals surface area contributed by atoms with Crippen LogP contribution in [-0.4, -0.2) is 21.2 Å². The van der Waals surface area contributed by atoms with Gasteiger partial charge in [-0.05, 0) is 47.5 Å². The highest BCUT2D eigenvalue weighted by atomic mass is 35.5. The molecule has 0 saturated carbocycles. The fourth-order valence-electron chi connectivity index (χ4n) is 2.43. The number of aromatic nitrogens is 2. The van der Waals surface area contributed by atoms with Gasteiger partial charge in [0.05, 0.1) is 0 Å². The van der Waals surface area contributed by atoms with Crippen LogP contribution in [0.5, 0.6) is 0 Å². The molecule has 7 nitrogen and oxygen atoms in total. The molecule has 0 saturated heterocycles. The lowest BCUT2D eigenvalue weighted by Gasteiger charge is -2.11. The molecule has 0 aliphatic heterocycles. The lowest BCUT2D eigenvalue weighted by Crippen LogP contribution is -2.22. The number of hydrogen-bond donors (Lipinski definition) is 4. The van der Waals surface area contributed by atoms with E-state index in [4.69, 9.17) is 16.8 Å². The number of hydrogen-bond acceptors (Lipinski definition) is 5. The molecular formula is C17H13ClF3N5O2. The number of carbonyl (C=O) groups is 1. The van der Waals surface area contributed by atoms with Crippen molar-refractivity contribution in [1.82, 2.24) is 9.97 Å². The van der Waals surface area contributed by atoms with Gasteiger partial charge in [0.1, 0.15) is 0 Å². The highest BCUT2D eigenvalue weighted by molar-refractivity contribution is 6.32. The Morgan fingerprint density at radius 2 is 1.82 bits per heavy atom. The molecule has 0 aliphatic rings. The highest BCUT2D eigenvalue weighted by Gasteiger charge is 2.34. The Hall–Kier alpha value is -3.11. The average Bonchev–Trinajstić information content (AvgIpc) is 2.61. The Morgan fingerprint density at radius 1 is 1.07 bits per heavy atom. The number of benzene rings is 2. The zero-order valence-corrected chi connectivity index (χ0v) is 15.0. The third kappa shape index (κ3) is 4.41. The van der Waals surface area contributed by atoms with E-state index in [1.165, 1.54) is 5.48 Å². The molecule has 28 heavy (non-hydrogen) atoms. The lowest BCUT2D eigenvalue weighted by atomic mass is 10.1. The number of carbonyl (C=O) groups excluding carboxylic acids is 1. The van der Waals surface area contributed by atoms with Crippen LogP contribution in [0.4, 0.5) is 35.4 Å². The summed E-state index contributed by atoms with van der Waals surface area (Å²) in [6.07, 6.45) is -4.78. The highest BCUT2D eigenvalue weighted by Crippen LogP contribution is 2.30. The van der Waals surface area contributed by atoms with E-state index >= 15 is 0 Å². The molecule has 2 amide bonds. The van der Waals surface area contributed by atoms with Gasteiger partial charge in [0, 0.05) is 16.8 Å². The largest absolute Gasteiger partial charge is 0.433 e. The Bertz CT molecular complexity index is 1060. The maximum absolute atomic E-state index is 12.8. The molecule has 4 N–H and O–H groups in total. The summed E-state index contributed by atoms with van der Waals surface area (Å²) in [5, 5.41) is 15.7. The molecule has 3 aromatic rings. The van der Waals surface area contributed by atoms with Gasteiger partial charge in [0.2, 0.25) is 5.95 Å². The number of halogens is 4. The summed E-state index contributed by atoms with van der Waals surface area (Å²) < 4.78 is 38.5. The molecule has 0 radical (unpaired) electrons. The summed E-state index contributed by atoms with van der Waals surface area (Å²) in [6, 6.07) is 8.32. The van der Waals surface area contributed by atoms with E-state index in [0.29, 0.717) is 16.8 Å². The van der Waals surface area contributed by atoms with E-state index in [1.807, 2.05) is 13.0 Å². The van der Waals surface area contributed by atoms with Crippen molar-refractivity contribution in [3.63, 3.8) is 0 Å². The van der Waals surface area contributed by atoms with Crippen molar-refractivity contribution in [2.24, 2.45) is 0 Å². The molecule has 146 valence electrons. The second-order valence-electron chi connectivity index (χ2n) is 5.81. The summed E-state index contributed by atoms with van der Waals surface area (Å²) in [5.74, 6) is -1.15. The second kappa shape index (κ2) is 7.49. The Kier molecular flexibility index (Phi) is 5.25. The molecule has 0 bridgehead atoms. The van der Waals surface area contributed by atoms with Crippen LogP contribution in [-0.2, 0) is 6.18 Å². The number of urea groups is 1. The Morgan fingerprint density at radius 3 is 2.50 bits per heavy atom. The van der Waals surface area contributed by atoms with E-state index in [-0.39, 0.29) is 0 Å². The summed E-state index contributed by atoms with van der Waals surface area (Å²) in [4.78, 5) is 18.9. The molecule has 2 aromatic carbocycles. The SMILES string of the molecule is Cc1cc2cc(NC(=O)Nc3nc(NO)cc(C(F)(F)F)n3)ccc2cc1Cl. The molecule has 0 atom stereocenters. The summed E-state index contributed by atoms with van der Waals surface area (Å²) in [7, 11) is 0. The van der Waals surface area contributed by atoms with Crippen molar-refractivity contribution in [3.05, 3.63) is 52.7 Å². The van der Waals surface area contributed by atoms with Crippen molar-refractivity contribution in [3.8, 4) is 0 Å². The first-order valence-electron chi connectivity index (χ1n) is 7.80. The van der Waals surface area contributed by atoms with Crippen LogP contribution in [0, 0.1) is 6.92 Å². The topological polar surface area (TPSA) is 99.2 Å². The molecule has 0 unspecified atom stereocenters. The van der Waals surface area contributed by atoms with Crippen molar-refractivity contribution in [1.29, 1.82) is 0 Å².